The van der Waals surface area contributed by atoms with Gasteiger partial charge in [0.1, 0.15) is 6.07 Å². The highest BCUT2D eigenvalue weighted by Crippen LogP contribution is 2.47. The molecule has 3 aromatic carbocycles. The van der Waals surface area contributed by atoms with Crippen molar-refractivity contribution < 1.29 is 0 Å². The van der Waals surface area contributed by atoms with Crippen molar-refractivity contribution in [2.75, 3.05) is 18.0 Å². The van der Waals surface area contributed by atoms with E-state index in [9.17, 15) is 5.26 Å². The third-order valence-electron chi connectivity index (χ3n) is 6.24. The Balaban J connectivity index is 1.79. The van der Waals surface area contributed by atoms with Crippen LogP contribution in [0.2, 0.25) is 0 Å². The van der Waals surface area contributed by atoms with Crippen molar-refractivity contribution in [2.45, 2.75) is 32.6 Å². The predicted molar refractivity (Wildman–Crippen MR) is 116 cm³/mol. The van der Waals surface area contributed by atoms with Crippen LogP contribution >= 0.6 is 0 Å². The van der Waals surface area contributed by atoms with Crippen LogP contribution in [-0.2, 0) is 6.42 Å². The Labute approximate surface area is 167 Å². The minimum Gasteiger partial charge on any atom is -0.370 e. The fraction of sp³-hybridized carbons (Fsp3) is 0.269. The van der Waals surface area contributed by atoms with Gasteiger partial charge in [-0.1, -0.05) is 54.1 Å². The first-order chi connectivity index (χ1) is 13.8. The summed E-state index contributed by atoms with van der Waals surface area (Å²) in [7, 11) is 0. The van der Waals surface area contributed by atoms with Crippen LogP contribution in [0.4, 0.5) is 5.69 Å². The van der Waals surface area contributed by atoms with E-state index in [0.29, 0.717) is 0 Å². The number of rotatable bonds is 2. The van der Waals surface area contributed by atoms with Crippen molar-refractivity contribution in [1.82, 2.24) is 0 Å². The molecule has 0 bridgehead atoms. The highest BCUT2D eigenvalue weighted by atomic mass is 15.1. The van der Waals surface area contributed by atoms with Gasteiger partial charge in [0, 0.05) is 19.5 Å². The molecule has 0 radical (unpaired) electrons. The number of fused-ring (bicyclic) bond motifs is 3. The molecule has 1 fully saturated rings. The smallest absolute Gasteiger partial charge is 0.102 e. The number of anilines is 1. The molecule has 1 aliphatic carbocycles. The topological polar surface area (TPSA) is 27.0 Å². The van der Waals surface area contributed by atoms with E-state index in [1.54, 1.807) is 0 Å². The SMILES string of the molecule is Cc1ccc(-c2cc(N3CCCCC3)c(C#N)c3c2-c2ccccc2C3)cc1. The third kappa shape index (κ3) is 2.70. The van der Waals surface area contributed by atoms with E-state index in [1.165, 1.54) is 58.2 Å². The van der Waals surface area contributed by atoms with Gasteiger partial charge in [-0.15, -0.1) is 0 Å². The Morgan fingerprint density at radius 1 is 0.893 bits per heavy atom. The lowest BCUT2D eigenvalue weighted by Crippen LogP contribution is -2.30. The molecule has 0 unspecified atom stereocenters. The molecule has 0 spiro atoms. The molecule has 0 aromatic heterocycles. The zero-order valence-corrected chi connectivity index (χ0v) is 16.3. The largest absolute Gasteiger partial charge is 0.370 e. The molecule has 1 heterocycles. The highest BCUT2D eigenvalue weighted by molar-refractivity contribution is 5.95. The summed E-state index contributed by atoms with van der Waals surface area (Å²) in [5, 5.41) is 10.1. The normalized spacial score (nSPS) is 15.1. The molecule has 0 N–H and O–H groups in total. The van der Waals surface area contributed by atoms with Crippen LogP contribution in [0.25, 0.3) is 22.3 Å². The first kappa shape index (κ1) is 17.1. The molecule has 0 amide bonds. The van der Waals surface area contributed by atoms with Crippen LogP contribution in [-0.4, -0.2) is 13.1 Å². The molecule has 5 rings (SSSR count). The quantitative estimate of drug-likeness (QED) is 0.430. The van der Waals surface area contributed by atoms with E-state index in [4.69, 9.17) is 0 Å². The van der Waals surface area contributed by atoms with Gasteiger partial charge in [-0.05, 0) is 65.6 Å². The standard InChI is InChI=1S/C26H24N2/c1-18-9-11-19(12-10-18)22-16-25(28-13-5-2-6-14-28)24(17-27)23-15-20-7-3-4-8-21(20)26(22)23/h3-4,7-12,16H,2,5-6,13-15H2,1H3. The number of benzene rings is 3. The van der Waals surface area contributed by atoms with E-state index in [0.717, 1.165) is 30.8 Å². The van der Waals surface area contributed by atoms with Crippen molar-refractivity contribution in [3.05, 3.63) is 76.9 Å². The Morgan fingerprint density at radius 2 is 1.64 bits per heavy atom. The fourth-order valence-corrected chi connectivity index (χ4v) is 4.79. The summed E-state index contributed by atoms with van der Waals surface area (Å²) in [5.41, 5.74) is 10.9. The molecular weight excluding hydrogens is 340 g/mol. The maximum Gasteiger partial charge on any atom is 0.102 e. The van der Waals surface area contributed by atoms with Crippen LogP contribution in [0.1, 0.15) is 41.5 Å². The van der Waals surface area contributed by atoms with Crippen LogP contribution in [0.15, 0.2) is 54.6 Å². The van der Waals surface area contributed by atoms with E-state index in [2.05, 4.69) is 72.5 Å². The number of hydrogen-bond donors (Lipinski definition) is 0. The lowest BCUT2D eigenvalue weighted by molar-refractivity contribution is 0.577. The van der Waals surface area contributed by atoms with Gasteiger partial charge in [0.2, 0.25) is 0 Å². The Hall–Kier alpha value is -3.05. The van der Waals surface area contributed by atoms with E-state index in [1.807, 2.05) is 0 Å². The van der Waals surface area contributed by atoms with Crippen molar-refractivity contribution in [2.24, 2.45) is 0 Å². The number of nitrogens with zero attached hydrogens (tertiary/aromatic N) is 2. The van der Waals surface area contributed by atoms with E-state index in [-0.39, 0.29) is 0 Å². The first-order valence-electron chi connectivity index (χ1n) is 10.3. The second kappa shape index (κ2) is 6.84. The van der Waals surface area contributed by atoms with Crippen LogP contribution in [0.5, 0.6) is 0 Å². The lowest BCUT2D eigenvalue weighted by atomic mass is 9.89. The first-order valence-corrected chi connectivity index (χ1v) is 10.3. The second-order valence-corrected chi connectivity index (χ2v) is 8.03. The summed E-state index contributed by atoms with van der Waals surface area (Å²) in [6.07, 6.45) is 4.57. The number of hydrogen-bond acceptors (Lipinski definition) is 2. The summed E-state index contributed by atoms with van der Waals surface area (Å²) in [5.74, 6) is 0. The fourth-order valence-electron chi connectivity index (χ4n) is 4.79. The molecule has 0 saturated carbocycles. The molecule has 2 heteroatoms. The zero-order valence-electron chi connectivity index (χ0n) is 16.3. The molecule has 2 aliphatic rings. The molecule has 0 atom stereocenters. The monoisotopic (exact) mass is 364 g/mol. The van der Waals surface area contributed by atoms with Gasteiger partial charge in [-0.2, -0.15) is 5.26 Å². The van der Waals surface area contributed by atoms with Crippen molar-refractivity contribution in [3.8, 4) is 28.3 Å². The predicted octanol–water partition coefficient (Wildman–Crippen LogP) is 6.10. The summed E-state index contributed by atoms with van der Waals surface area (Å²) >= 11 is 0. The Kier molecular flexibility index (Phi) is 4.17. The van der Waals surface area contributed by atoms with Crippen molar-refractivity contribution >= 4 is 5.69 Å². The summed E-state index contributed by atoms with van der Waals surface area (Å²) in [6.45, 7) is 4.23. The third-order valence-corrected chi connectivity index (χ3v) is 6.24. The minimum atomic E-state index is 0.856. The molecular formula is C26H24N2. The van der Waals surface area contributed by atoms with Gasteiger partial charge in [-0.3, -0.25) is 0 Å². The molecule has 2 nitrogen and oxygen atoms in total. The molecule has 1 aliphatic heterocycles. The Morgan fingerprint density at radius 3 is 2.39 bits per heavy atom. The average molecular weight is 364 g/mol. The number of nitriles is 1. The molecule has 138 valence electrons. The lowest BCUT2D eigenvalue weighted by Gasteiger charge is -2.31. The van der Waals surface area contributed by atoms with E-state index >= 15 is 0 Å². The zero-order chi connectivity index (χ0) is 19.1. The van der Waals surface area contributed by atoms with Crippen LogP contribution in [0, 0.1) is 18.3 Å². The molecule has 3 aromatic rings. The molecule has 1 saturated heterocycles. The summed E-state index contributed by atoms with van der Waals surface area (Å²) in [4.78, 5) is 2.43. The Bertz CT molecular complexity index is 1080. The van der Waals surface area contributed by atoms with Gasteiger partial charge in [0.15, 0.2) is 0 Å². The maximum atomic E-state index is 10.1. The summed E-state index contributed by atoms with van der Waals surface area (Å²) in [6, 6.07) is 22.3. The van der Waals surface area contributed by atoms with Crippen molar-refractivity contribution in [1.29, 1.82) is 5.26 Å². The number of aryl methyl sites for hydroxylation is 1. The van der Waals surface area contributed by atoms with Gasteiger partial charge in [-0.25, -0.2) is 0 Å². The maximum absolute atomic E-state index is 10.1. The minimum absolute atomic E-state index is 0.856. The van der Waals surface area contributed by atoms with E-state index < -0.39 is 0 Å². The molecule has 28 heavy (non-hydrogen) atoms. The second-order valence-electron chi connectivity index (χ2n) is 8.03. The number of piperidine rings is 1. The van der Waals surface area contributed by atoms with Gasteiger partial charge in [0.05, 0.1) is 11.3 Å². The highest BCUT2D eigenvalue weighted by Gasteiger charge is 2.28. The van der Waals surface area contributed by atoms with Crippen LogP contribution < -0.4 is 4.90 Å². The van der Waals surface area contributed by atoms with Crippen molar-refractivity contribution in [3.63, 3.8) is 0 Å². The average Bonchev–Trinajstić information content (AvgIpc) is 3.13. The van der Waals surface area contributed by atoms with Gasteiger partial charge < -0.3 is 4.90 Å². The summed E-state index contributed by atoms with van der Waals surface area (Å²) < 4.78 is 0. The van der Waals surface area contributed by atoms with Gasteiger partial charge in [0.25, 0.3) is 0 Å². The van der Waals surface area contributed by atoms with Gasteiger partial charge >= 0.3 is 0 Å². The van der Waals surface area contributed by atoms with Crippen LogP contribution in [0.3, 0.4) is 0 Å².